The number of amides is 1. The number of nitrogens with one attached hydrogen (secondary N) is 1. The zero-order chi connectivity index (χ0) is 22.1. The van der Waals surface area contributed by atoms with Crippen molar-refractivity contribution in [3.63, 3.8) is 0 Å². The van der Waals surface area contributed by atoms with Gasteiger partial charge >= 0.3 is 0 Å². The van der Waals surface area contributed by atoms with Crippen molar-refractivity contribution in [2.75, 3.05) is 5.32 Å². The highest BCUT2D eigenvalue weighted by molar-refractivity contribution is 6.02. The zero-order valence-electron chi connectivity index (χ0n) is 18.4. The van der Waals surface area contributed by atoms with Crippen LogP contribution in [0.2, 0.25) is 0 Å². The molecular weight excluding hydrogens is 390 g/mol. The first-order valence-electron chi connectivity index (χ1n) is 10.2. The van der Waals surface area contributed by atoms with Crippen LogP contribution in [0.3, 0.4) is 0 Å². The lowest BCUT2D eigenvalue weighted by Gasteiger charge is -2.18. The van der Waals surface area contributed by atoms with Crippen LogP contribution in [0.1, 0.15) is 49.7 Å². The molecule has 0 aliphatic carbocycles. The maximum atomic E-state index is 12.7. The van der Waals surface area contributed by atoms with Crippen LogP contribution in [0.25, 0.3) is 11.5 Å². The maximum absolute atomic E-state index is 12.7. The number of nitrogens with zero attached hydrogens (tertiary/aromatic N) is 2. The van der Waals surface area contributed by atoms with Gasteiger partial charge in [-0.3, -0.25) is 4.79 Å². The molecule has 1 amide bonds. The lowest BCUT2D eigenvalue weighted by atomic mass is 9.88. The summed E-state index contributed by atoms with van der Waals surface area (Å²) in [4.78, 5) is 12.7. The molecule has 2 aromatic carbocycles. The van der Waals surface area contributed by atoms with E-state index < -0.39 is 0 Å². The Morgan fingerprint density at radius 3 is 2.32 bits per heavy atom. The van der Waals surface area contributed by atoms with Gasteiger partial charge in [0.25, 0.3) is 5.91 Å². The molecule has 158 valence electrons. The van der Waals surface area contributed by atoms with Crippen LogP contribution >= 0.6 is 0 Å². The summed E-state index contributed by atoms with van der Waals surface area (Å²) in [7, 11) is 0. The van der Waals surface area contributed by atoms with Crippen molar-refractivity contribution < 1.29 is 13.6 Å². The number of rotatable bonds is 5. The summed E-state index contributed by atoms with van der Waals surface area (Å²) in [5.74, 6) is 1.12. The molecule has 4 aromatic rings. The summed E-state index contributed by atoms with van der Waals surface area (Å²) in [6, 6.07) is 10.8. The number of carbonyl (C=O) groups is 1. The molecule has 0 radical (unpaired) electrons. The van der Waals surface area contributed by atoms with Crippen molar-refractivity contribution in [1.82, 2.24) is 10.2 Å². The molecule has 6 nitrogen and oxygen atoms in total. The molecule has 0 atom stereocenters. The molecule has 0 fully saturated rings. The van der Waals surface area contributed by atoms with Gasteiger partial charge in [0.2, 0.25) is 12.3 Å². The second kappa shape index (κ2) is 8.22. The molecule has 0 saturated heterocycles. The fraction of sp³-hybridized carbons (Fsp3) is 0.240. The minimum atomic E-state index is -0.307. The van der Waals surface area contributed by atoms with E-state index in [1.165, 1.54) is 39.8 Å². The molecule has 31 heavy (non-hydrogen) atoms. The van der Waals surface area contributed by atoms with Crippen molar-refractivity contribution >= 4 is 11.6 Å². The Kier molecular flexibility index (Phi) is 5.46. The fourth-order valence-corrected chi connectivity index (χ4v) is 3.83. The number of hydrogen-bond acceptors (Lipinski definition) is 5. The van der Waals surface area contributed by atoms with E-state index in [1.807, 2.05) is 18.2 Å². The first kappa shape index (κ1) is 20.6. The first-order valence-corrected chi connectivity index (χ1v) is 10.2. The molecule has 0 spiro atoms. The summed E-state index contributed by atoms with van der Waals surface area (Å²) in [5, 5.41) is 10.4. The van der Waals surface area contributed by atoms with Gasteiger partial charge in [0, 0.05) is 17.7 Å². The maximum Gasteiger partial charge on any atom is 0.291 e. The van der Waals surface area contributed by atoms with Gasteiger partial charge in [-0.15, -0.1) is 10.2 Å². The summed E-state index contributed by atoms with van der Waals surface area (Å²) < 4.78 is 11.1. The standard InChI is InChI=1S/C25H25N3O3/c1-14-15(2)17(4)22(18(5)16(14)3)12-21-9-10-23(31-21)24(29)27-20-8-6-7-19(11-20)25-28-26-13-30-25/h6-11,13H,12H2,1-5H3,(H,27,29). The van der Waals surface area contributed by atoms with Crippen molar-refractivity contribution in [3.8, 4) is 11.5 Å². The van der Waals surface area contributed by atoms with Crippen LogP contribution < -0.4 is 5.32 Å². The Hall–Kier alpha value is -3.67. The Morgan fingerprint density at radius 2 is 1.65 bits per heavy atom. The first-order chi connectivity index (χ1) is 14.8. The van der Waals surface area contributed by atoms with E-state index in [-0.39, 0.29) is 11.7 Å². The summed E-state index contributed by atoms with van der Waals surface area (Å²) in [5.41, 5.74) is 9.12. The zero-order valence-corrected chi connectivity index (χ0v) is 18.4. The van der Waals surface area contributed by atoms with Crippen molar-refractivity contribution in [3.05, 3.63) is 87.7 Å². The minimum Gasteiger partial charge on any atom is -0.456 e. The van der Waals surface area contributed by atoms with Crippen LogP contribution in [0, 0.1) is 34.6 Å². The van der Waals surface area contributed by atoms with E-state index in [0.717, 1.165) is 11.3 Å². The van der Waals surface area contributed by atoms with Crippen molar-refractivity contribution in [1.29, 1.82) is 0 Å². The van der Waals surface area contributed by atoms with Crippen LogP contribution in [-0.2, 0) is 6.42 Å². The van der Waals surface area contributed by atoms with Crippen LogP contribution in [0.15, 0.2) is 51.6 Å². The van der Waals surface area contributed by atoms with E-state index in [2.05, 4.69) is 50.1 Å². The van der Waals surface area contributed by atoms with Crippen LogP contribution in [0.4, 0.5) is 5.69 Å². The predicted octanol–water partition coefficient (Wildman–Crippen LogP) is 5.71. The molecule has 0 bridgehead atoms. The van der Waals surface area contributed by atoms with Crippen LogP contribution in [0.5, 0.6) is 0 Å². The summed E-state index contributed by atoms with van der Waals surface area (Å²) in [6.07, 6.45) is 1.92. The highest BCUT2D eigenvalue weighted by atomic mass is 16.4. The second-order valence-corrected chi connectivity index (χ2v) is 7.83. The number of aromatic nitrogens is 2. The van der Waals surface area contributed by atoms with E-state index in [0.29, 0.717) is 18.0 Å². The molecule has 0 aliphatic rings. The molecule has 2 aromatic heterocycles. The third-order valence-corrected chi connectivity index (χ3v) is 6.12. The number of benzene rings is 2. The van der Waals surface area contributed by atoms with E-state index >= 15 is 0 Å². The molecule has 0 aliphatic heterocycles. The number of anilines is 1. The SMILES string of the molecule is Cc1c(C)c(C)c(Cc2ccc(C(=O)Nc3cccc(-c4nnco4)c3)o2)c(C)c1C. The molecule has 2 heterocycles. The molecule has 6 heteroatoms. The highest BCUT2D eigenvalue weighted by Crippen LogP contribution is 2.28. The third kappa shape index (κ3) is 4.01. The van der Waals surface area contributed by atoms with E-state index in [4.69, 9.17) is 8.83 Å². The molecule has 1 N–H and O–H groups in total. The van der Waals surface area contributed by atoms with E-state index in [9.17, 15) is 4.79 Å². The average molecular weight is 415 g/mol. The number of carbonyl (C=O) groups excluding carboxylic acids is 1. The molecule has 0 unspecified atom stereocenters. The Labute approximate surface area is 181 Å². The highest BCUT2D eigenvalue weighted by Gasteiger charge is 2.16. The van der Waals surface area contributed by atoms with Gasteiger partial charge in [-0.05, 0) is 98.3 Å². The smallest absolute Gasteiger partial charge is 0.291 e. The Morgan fingerprint density at radius 1 is 0.935 bits per heavy atom. The quantitative estimate of drug-likeness (QED) is 0.451. The minimum absolute atomic E-state index is 0.272. The summed E-state index contributed by atoms with van der Waals surface area (Å²) in [6.45, 7) is 10.8. The van der Waals surface area contributed by atoms with Crippen LogP contribution in [-0.4, -0.2) is 16.1 Å². The third-order valence-electron chi connectivity index (χ3n) is 6.12. The van der Waals surface area contributed by atoms with Gasteiger partial charge < -0.3 is 14.2 Å². The molecule has 0 saturated carbocycles. The lowest BCUT2D eigenvalue weighted by molar-refractivity contribution is 0.0995. The van der Waals surface area contributed by atoms with Gasteiger partial charge in [0.15, 0.2) is 5.76 Å². The molecule has 4 rings (SSSR count). The van der Waals surface area contributed by atoms with Gasteiger partial charge in [0.05, 0.1) is 0 Å². The average Bonchev–Trinajstić information content (AvgIpc) is 3.46. The predicted molar refractivity (Wildman–Crippen MR) is 119 cm³/mol. The normalized spacial score (nSPS) is 11.0. The topological polar surface area (TPSA) is 81.2 Å². The van der Waals surface area contributed by atoms with Gasteiger partial charge in [-0.25, -0.2) is 0 Å². The van der Waals surface area contributed by atoms with E-state index in [1.54, 1.807) is 18.2 Å². The number of furan rings is 1. The van der Waals surface area contributed by atoms with Gasteiger partial charge in [0.1, 0.15) is 5.76 Å². The van der Waals surface area contributed by atoms with Gasteiger partial charge in [-0.2, -0.15) is 0 Å². The molecular formula is C25H25N3O3. The Balaban J connectivity index is 1.52. The lowest BCUT2D eigenvalue weighted by Crippen LogP contribution is -2.10. The fourth-order valence-electron chi connectivity index (χ4n) is 3.83. The van der Waals surface area contributed by atoms with Crippen molar-refractivity contribution in [2.45, 2.75) is 41.0 Å². The Bertz CT molecular complexity index is 1220. The summed E-state index contributed by atoms with van der Waals surface area (Å²) >= 11 is 0. The van der Waals surface area contributed by atoms with Crippen molar-refractivity contribution in [2.24, 2.45) is 0 Å². The number of hydrogen-bond donors (Lipinski definition) is 1. The second-order valence-electron chi connectivity index (χ2n) is 7.83. The van der Waals surface area contributed by atoms with Gasteiger partial charge in [-0.1, -0.05) is 6.07 Å². The monoisotopic (exact) mass is 415 g/mol. The largest absolute Gasteiger partial charge is 0.456 e.